The maximum atomic E-state index is 9.82. The average molecular weight is 346 g/mol. The summed E-state index contributed by atoms with van der Waals surface area (Å²) in [6.07, 6.45) is 1.15. The summed E-state index contributed by atoms with van der Waals surface area (Å²) in [5.74, 6) is 2.01. The van der Waals surface area contributed by atoms with Gasteiger partial charge < -0.3 is 24.6 Å². The fourth-order valence-corrected chi connectivity index (χ4v) is 1.99. The molecule has 6 heteroatoms. The summed E-state index contributed by atoms with van der Waals surface area (Å²) < 4.78 is 16.6. The summed E-state index contributed by atoms with van der Waals surface area (Å²) in [7, 11) is 0. The fourth-order valence-electron chi connectivity index (χ4n) is 1.99. The highest BCUT2D eigenvalue weighted by Gasteiger charge is 2.06. The van der Waals surface area contributed by atoms with E-state index in [0.29, 0.717) is 37.4 Å². The number of nitrogens with zero attached hydrogens (tertiary/aromatic N) is 1. The van der Waals surface area contributed by atoms with Crippen LogP contribution in [-0.4, -0.2) is 48.6 Å². The summed E-state index contributed by atoms with van der Waals surface area (Å²) >= 11 is 0. The van der Waals surface area contributed by atoms with Crippen molar-refractivity contribution in [1.82, 2.24) is 10.3 Å². The van der Waals surface area contributed by atoms with Crippen molar-refractivity contribution in [2.45, 2.75) is 26.0 Å². The molecule has 25 heavy (non-hydrogen) atoms. The second-order valence-electron chi connectivity index (χ2n) is 5.86. The summed E-state index contributed by atoms with van der Waals surface area (Å²) in [4.78, 5) is 4.07. The number of pyridine rings is 1. The number of hydrogen-bond donors (Lipinski definition) is 2. The van der Waals surface area contributed by atoms with Crippen LogP contribution < -0.4 is 19.5 Å². The molecule has 0 aliphatic carbocycles. The van der Waals surface area contributed by atoms with Gasteiger partial charge in [-0.2, -0.15) is 0 Å². The Balaban J connectivity index is 1.64. The third kappa shape index (κ3) is 7.87. The van der Waals surface area contributed by atoms with E-state index < -0.39 is 6.10 Å². The van der Waals surface area contributed by atoms with E-state index in [1.54, 1.807) is 12.3 Å². The Labute approximate surface area is 148 Å². The van der Waals surface area contributed by atoms with Crippen molar-refractivity contribution in [3.05, 3.63) is 48.7 Å². The lowest BCUT2D eigenvalue weighted by molar-refractivity contribution is 0.104. The molecule has 0 bridgehead atoms. The lowest BCUT2D eigenvalue weighted by Gasteiger charge is -2.15. The van der Waals surface area contributed by atoms with Crippen LogP contribution in [0.15, 0.2) is 48.7 Å². The third-order valence-corrected chi connectivity index (χ3v) is 3.27. The Kier molecular flexibility index (Phi) is 8.01. The second-order valence-corrected chi connectivity index (χ2v) is 5.86. The minimum atomic E-state index is -0.540. The molecule has 2 rings (SSSR count). The van der Waals surface area contributed by atoms with Crippen molar-refractivity contribution in [2.24, 2.45) is 0 Å². The smallest absolute Gasteiger partial charge is 0.213 e. The maximum Gasteiger partial charge on any atom is 0.213 e. The summed E-state index contributed by atoms with van der Waals surface area (Å²) in [5, 5.41) is 13.0. The summed E-state index contributed by atoms with van der Waals surface area (Å²) in [5.41, 5.74) is 0. The van der Waals surface area contributed by atoms with Crippen molar-refractivity contribution < 1.29 is 19.3 Å². The van der Waals surface area contributed by atoms with Gasteiger partial charge in [0.05, 0.1) is 0 Å². The van der Waals surface area contributed by atoms with Gasteiger partial charge >= 0.3 is 0 Å². The minimum Gasteiger partial charge on any atom is -0.491 e. The molecule has 0 spiro atoms. The molecule has 1 aromatic carbocycles. The van der Waals surface area contributed by atoms with E-state index in [0.717, 1.165) is 5.75 Å². The van der Waals surface area contributed by atoms with Crippen LogP contribution >= 0.6 is 0 Å². The van der Waals surface area contributed by atoms with Crippen LogP contribution in [0.25, 0.3) is 0 Å². The molecule has 0 saturated heterocycles. The largest absolute Gasteiger partial charge is 0.491 e. The SMILES string of the molecule is CC(C)NCC(O)COc1ccc(OCCOc2ccccn2)cc1. The van der Waals surface area contributed by atoms with E-state index in [4.69, 9.17) is 14.2 Å². The fraction of sp³-hybridized carbons (Fsp3) is 0.421. The van der Waals surface area contributed by atoms with Crippen LogP contribution in [-0.2, 0) is 0 Å². The Morgan fingerprint density at radius 2 is 1.64 bits per heavy atom. The van der Waals surface area contributed by atoms with E-state index in [1.165, 1.54) is 0 Å². The highest BCUT2D eigenvalue weighted by atomic mass is 16.5. The Morgan fingerprint density at radius 3 is 2.28 bits per heavy atom. The van der Waals surface area contributed by atoms with Gasteiger partial charge in [0.2, 0.25) is 5.88 Å². The molecule has 0 saturated carbocycles. The van der Waals surface area contributed by atoms with Crippen LogP contribution in [0, 0.1) is 0 Å². The number of aliphatic hydroxyl groups excluding tert-OH is 1. The molecule has 1 atom stereocenters. The van der Waals surface area contributed by atoms with E-state index in [2.05, 4.69) is 10.3 Å². The highest BCUT2D eigenvalue weighted by Crippen LogP contribution is 2.17. The van der Waals surface area contributed by atoms with Crippen molar-refractivity contribution in [2.75, 3.05) is 26.4 Å². The molecule has 0 amide bonds. The van der Waals surface area contributed by atoms with Crippen molar-refractivity contribution in [1.29, 1.82) is 0 Å². The van der Waals surface area contributed by atoms with Crippen molar-refractivity contribution >= 4 is 0 Å². The molecule has 1 heterocycles. The lowest BCUT2D eigenvalue weighted by atomic mass is 10.3. The van der Waals surface area contributed by atoms with E-state index in [-0.39, 0.29) is 6.61 Å². The third-order valence-electron chi connectivity index (χ3n) is 3.27. The number of aromatic nitrogens is 1. The van der Waals surface area contributed by atoms with Gasteiger partial charge in [-0.15, -0.1) is 0 Å². The van der Waals surface area contributed by atoms with Gasteiger partial charge in [-0.05, 0) is 30.3 Å². The first-order valence-corrected chi connectivity index (χ1v) is 8.44. The van der Waals surface area contributed by atoms with Gasteiger partial charge in [0.15, 0.2) is 0 Å². The average Bonchev–Trinajstić information content (AvgIpc) is 2.63. The predicted molar refractivity (Wildman–Crippen MR) is 96.3 cm³/mol. The number of benzene rings is 1. The zero-order valence-corrected chi connectivity index (χ0v) is 14.7. The van der Waals surface area contributed by atoms with Gasteiger partial charge in [-0.3, -0.25) is 0 Å². The normalized spacial score (nSPS) is 12.0. The standard InChI is InChI=1S/C19H26N2O4/c1-15(2)21-13-16(22)14-25-18-8-6-17(7-9-18)23-11-12-24-19-5-3-4-10-20-19/h3-10,15-16,21-22H,11-14H2,1-2H3. The number of aliphatic hydroxyl groups is 1. The van der Waals surface area contributed by atoms with E-state index >= 15 is 0 Å². The Morgan fingerprint density at radius 1 is 0.960 bits per heavy atom. The molecule has 6 nitrogen and oxygen atoms in total. The number of ether oxygens (including phenoxy) is 3. The first-order chi connectivity index (χ1) is 12.1. The maximum absolute atomic E-state index is 9.82. The topological polar surface area (TPSA) is 72.8 Å². The summed E-state index contributed by atoms with van der Waals surface area (Å²) in [6, 6.07) is 13.1. The molecule has 0 fully saturated rings. The first kappa shape index (κ1) is 19.0. The van der Waals surface area contributed by atoms with Crippen LogP contribution in [0.1, 0.15) is 13.8 Å². The Hall–Kier alpha value is -2.31. The molecule has 136 valence electrons. The van der Waals surface area contributed by atoms with Crippen LogP contribution in [0.3, 0.4) is 0 Å². The molecular weight excluding hydrogens is 320 g/mol. The summed E-state index contributed by atoms with van der Waals surface area (Å²) in [6.45, 7) is 5.68. The zero-order chi connectivity index (χ0) is 17.9. The van der Waals surface area contributed by atoms with Crippen molar-refractivity contribution in [3.63, 3.8) is 0 Å². The van der Waals surface area contributed by atoms with Crippen molar-refractivity contribution in [3.8, 4) is 17.4 Å². The minimum absolute atomic E-state index is 0.248. The van der Waals surface area contributed by atoms with E-state index in [9.17, 15) is 5.11 Å². The number of nitrogens with one attached hydrogen (secondary N) is 1. The van der Waals surface area contributed by atoms with Crippen LogP contribution in [0.2, 0.25) is 0 Å². The first-order valence-electron chi connectivity index (χ1n) is 8.44. The van der Waals surface area contributed by atoms with Gasteiger partial charge in [0.25, 0.3) is 0 Å². The van der Waals surface area contributed by atoms with Gasteiger partial charge in [-0.25, -0.2) is 4.98 Å². The van der Waals surface area contributed by atoms with E-state index in [1.807, 2.05) is 50.2 Å². The number of hydrogen-bond acceptors (Lipinski definition) is 6. The van der Waals surface area contributed by atoms with Gasteiger partial charge in [0.1, 0.15) is 37.4 Å². The molecular formula is C19H26N2O4. The highest BCUT2D eigenvalue weighted by molar-refractivity contribution is 5.31. The molecule has 0 aliphatic rings. The zero-order valence-electron chi connectivity index (χ0n) is 14.7. The molecule has 0 aliphatic heterocycles. The van der Waals surface area contributed by atoms with Crippen LogP contribution in [0.5, 0.6) is 17.4 Å². The van der Waals surface area contributed by atoms with Crippen LogP contribution in [0.4, 0.5) is 0 Å². The van der Waals surface area contributed by atoms with Gasteiger partial charge in [0, 0.05) is 24.8 Å². The molecule has 1 aromatic heterocycles. The molecule has 1 unspecified atom stereocenters. The molecule has 0 radical (unpaired) electrons. The second kappa shape index (κ2) is 10.5. The molecule has 2 N–H and O–H groups in total. The lowest BCUT2D eigenvalue weighted by Crippen LogP contribution is -2.35. The monoisotopic (exact) mass is 346 g/mol. The molecule has 2 aromatic rings. The van der Waals surface area contributed by atoms with Gasteiger partial charge in [-0.1, -0.05) is 19.9 Å². The predicted octanol–water partition coefficient (Wildman–Crippen LogP) is 2.28. The quantitative estimate of drug-likeness (QED) is 0.608. The Bertz CT molecular complexity index is 590. The number of rotatable bonds is 11.